The molecule has 1 aliphatic rings. The number of aryl methyl sites for hydroxylation is 1. The van der Waals surface area contributed by atoms with E-state index in [-0.39, 0.29) is 31.0 Å². The highest BCUT2D eigenvalue weighted by atomic mass is 19.4. The third kappa shape index (κ3) is 3.94. The normalized spacial score (nSPS) is 14.1. The van der Waals surface area contributed by atoms with Gasteiger partial charge in [-0.3, -0.25) is 14.5 Å². The first-order valence-corrected chi connectivity index (χ1v) is 10.4. The zero-order valence-corrected chi connectivity index (χ0v) is 18.3. The molecular formula is C22H18F3N7O3. The summed E-state index contributed by atoms with van der Waals surface area (Å²) in [7, 11) is 1.73. The van der Waals surface area contributed by atoms with Crippen molar-refractivity contribution >= 4 is 39.6 Å². The summed E-state index contributed by atoms with van der Waals surface area (Å²) >= 11 is 0. The van der Waals surface area contributed by atoms with Crippen LogP contribution in [0.2, 0.25) is 0 Å². The minimum absolute atomic E-state index is 0.0691. The number of pyridine rings is 2. The first kappa shape index (κ1) is 22.4. The summed E-state index contributed by atoms with van der Waals surface area (Å²) in [5.41, 5.74) is 6.72. The summed E-state index contributed by atoms with van der Waals surface area (Å²) in [5, 5.41) is 7.67. The van der Waals surface area contributed by atoms with Crippen molar-refractivity contribution in [1.82, 2.24) is 29.8 Å². The number of anilines is 1. The standard InChI is InChI=1S/C22H18F3N7O3/c1-30-18-15-8-12(2-5-17(15)29-19(26)16(18)10-28-30)20(33)32(31-6-7-35-21(31)34)11-14-4-3-13(9-27-14)22(23,24)25/h2-5,8-10H,6-7,11H2,1H3,(H2,26,29). The molecule has 2 amide bonds. The quantitative estimate of drug-likeness (QED) is 0.472. The number of carbonyl (C=O) groups is 2. The smallest absolute Gasteiger partial charge is 0.429 e. The topological polar surface area (TPSA) is 119 Å². The molecule has 0 atom stereocenters. The van der Waals surface area contributed by atoms with Crippen molar-refractivity contribution in [3.05, 3.63) is 59.5 Å². The lowest BCUT2D eigenvalue weighted by molar-refractivity contribution is -0.137. The van der Waals surface area contributed by atoms with Gasteiger partial charge in [0, 0.05) is 24.2 Å². The number of rotatable bonds is 4. The zero-order valence-electron chi connectivity index (χ0n) is 18.3. The average molecular weight is 485 g/mol. The predicted molar refractivity (Wildman–Crippen MR) is 118 cm³/mol. The summed E-state index contributed by atoms with van der Waals surface area (Å²) in [6.07, 6.45) is -3.02. The molecule has 180 valence electrons. The highest BCUT2D eigenvalue weighted by Gasteiger charge is 2.34. The third-order valence-corrected chi connectivity index (χ3v) is 5.68. The Morgan fingerprint density at radius 2 is 2.00 bits per heavy atom. The van der Waals surface area contributed by atoms with E-state index in [9.17, 15) is 22.8 Å². The second-order valence-electron chi connectivity index (χ2n) is 7.90. The van der Waals surface area contributed by atoms with Crippen LogP contribution in [0, 0.1) is 0 Å². The van der Waals surface area contributed by atoms with E-state index in [4.69, 9.17) is 10.5 Å². The van der Waals surface area contributed by atoms with Crippen molar-refractivity contribution in [3.8, 4) is 0 Å². The van der Waals surface area contributed by atoms with Crippen LogP contribution < -0.4 is 5.73 Å². The number of fused-ring (bicyclic) bond motifs is 3. The van der Waals surface area contributed by atoms with E-state index in [1.165, 1.54) is 6.07 Å². The van der Waals surface area contributed by atoms with Crippen molar-refractivity contribution in [2.24, 2.45) is 7.05 Å². The van der Waals surface area contributed by atoms with Crippen molar-refractivity contribution in [3.63, 3.8) is 0 Å². The van der Waals surface area contributed by atoms with Crippen LogP contribution in [-0.2, 0) is 24.5 Å². The molecule has 0 unspecified atom stereocenters. The van der Waals surface area contributed by atoms with Gasteiger partial charge in [-0.15, -0.1) is 0 Å². The number of nitrogens with two attached hydrogens (primary N) is 1. The first-order chi connectivity index (χ1) is 16.6. The highest BCUT2D eigenvalue weighted by Crippen LogP contribution is 2.30. The number of hydrazine groups is 1. The van der Waals surface area contributed by atoms with E-state index in [0.29, 0.717) is 33.8 Å². The third-order valence-electron chi connectivity index (χ3n) is 5.68. The first-order valence-electron chi connectivity index (χ1n) is 10.4. The van der Waals surface area contributed by atoms with Gasteiger partial charge in [0.2, 0.25) is 0 Å². The Morgan fingerprint density at radius 3 is 2.66 bits per heavy atom. The van der Waals surface area contributed by atoms with Crippen LogP contribution in [0.1, 0.15) is 21.6 Å². The fourth-order valence-corrected chi connectivity index (χ4v) is 3.95. The molecule has 0 aliphatic carbocycles. The van der Waals surface area contributed by atoms with E-state index < -0.39 is 23.7 Å². The fraction of sp³-hybridized carbons (Fsp3) is 0.227. The molecule has 3 aromatic heterocycles. The molecule has 1 saturated heterocycles. The van der Waals surface area contributed by atoms with E-state index in [1.807, 2.05) is 0 Å². The highest BCUT2D eigenvalue weighted by molar-refractivity contribution is 6.10. The van der Waals surface area contributed by atoms with Crippen LogP contribution >= 0.6 is 0 Å². The van der Waals surface area contributed by atoms with Gasteiger partial charge in [-0.05, 0) is 30.3 Å². The minimum atomic E-state index is -4.54. The molecule has 1 aromatic carbocycles. The molecule has 4 aromatic rings. The Morgan fingerprint density at radius 1 is 1.20 bits per heavy atom. The number of nitrogen functional groups attached to an aromatic ring is 1. The number of aromatic nitrogens is 4. The lowest BCUT2D eigenvalue weighted by Crippen LogP contribution is -2.46. The van der Waals surface area contributed by atoms with Crippen molar-refractivity contribution < 1.29 is 27.5 Å². The molecular weight excluding hydrogens is 467 g/mol. The average Bonchev–Trinajstić information content (AvgIpc) is 3.43. The Balaban J connectivity index is 1.54. The number of nitrogens with zero attached hydrogens (tertiary/aromatic N) is 6. The van der Waals surface area contributed by atoms with Gasteiger partial charge in [0.1, 0.15) is 12.4 Å². The Kier molecular flexibility index (Phi) is 5.19. The molecule has 0 bridgehead atoms. The van der Waals surface area contributed by atoms with Crippen molar-refractivity contribution in [1.29, 1.82) is 0 Å². The SMILES string of the molecule is Cn1ncc2c(N)nc3ccc(C(=O)N(Cc4ccc(C(F)(F)F)cn4)N4CCOC4=O)cc3c21. The van der Waals surface area contributed by atoms with Crippen molar-refractivity contribution in [2.75, 3.05) is 18.9 Å². The number of amides is 2. The van der Waals surface area contributed by atoms with E-state index >= 15 is 0 Å². The summed E-state index contributed by atoms with van der Waals surface area (Å²) in [6, 6.07) is 6.81. The van der Waals surface area contributed by atoms with Gasteiger partial charge in [0.15, 0.2) is 0 Å². The van der Waals surface area contributed by atoms with Gasteiger partial charge < -0.3 is 10.5 Å². The van der Waals surface area contributed by atoms with Gasteiger partial charge >= 0.3 is 12.3 Å². The molecule has 5 rings (SSSR count). The van der Waals surface area contributed by atoms with Crippen LogP contribution in [0.15, 0.2) is 42.7 Å². The van der Waals surface area contributed by atoms with Crippen LogP contribution in [-0.4, -0.2) is 54.9 Å². The molecule has 4 heterocycles. The lowest BCUT2D eigenvalue weighted by Gasteiger charge is -2.29. The maximum absolute atomic E-state index is 13.6. The number of hydrogen-bond donors (Lipinski definition) is 1. The minimum Gasteiger partial charge on any atom is -0.446 e. The fourth-order valence-electron chi connectivity index (χ4n) is 3.95. The van der Waals surface area contributed by atoms with Crippen LogP contribution in [0.3, 0.4) is 0 Å². The van der Waals surface area contributed by atoms with E-state index in [0.717, 1.165) is 22.2 Å². The van der Waals surface area contributed by atoms with Gasteiger partial charge in [-0.1, -0.05) is 0 Å². The number of benzene rings is 1. The Hall–Kier alpha value is -4.42. The lowest BCUT2D eigenvalue weighted by atomic mass is 10.1. The monoisotopic (exact) mass is 485 g/mol. The number of cyclic esters (lactones) is 1. The van der Waals surface area contributed by atoms with Gasteiger partial charge in [0.05, 0.1) is 47.0 Å². The molecule has 2 N–H and O–H groups in total. The number of ether oxygens (including phenoxy) is 1. The number of carbonyl (C=O) groups excluding carboxylic acids is 2. The molecule has 0 spiro atoms. The largest absolute Gasteiger partial charge is 0.446 e. The molecule has 10 nitrogen and oxygen atoms in total. The summed E-state index contributed by atoms with van der Waals surface area (Å²) < 4.78 is 45.3. The molecule has 35 heavy (non-hydrogen) atoms. The second kappa shape index (κ2) is 8.11. The molecule has 1 fully saturated rings. The maximum atomic E-state index is 13.6. The number of hydrogen-bond acceptors (Lipinski definition) is 7. The second-order valence-corrected chi connectivity index (χ2v) is 7.90. The van der Waals surface area contributed by atoms with E-state index in [1.54, 1.807) is 30.1 Å². The van der Waals surface area contributed by atoms with Gasteiger partial charge in [-0.2, -0.15) is 18.3 Å². The maximum Gasteiger partial charge on any atom is 0.429 e. The van der Waals surface area contributed by atoms with E-state index in [2.05, 4.69) is 15.1 Å². The summed E-state index contributed by atoms with van der Waals surface area (Å²) in [6.45, 7) is -0.0757. The van der Waals surface area contributed by atoms with Crippen LogP contribution in [0.25, 0.3) is 21.8 Å². The molecule has 0 saturated carbocycles. The molecule has 13 heteroatoms. The summed E-state index contributed by atoms with van der Waals surface area (Å²) in [4.78, 5) is 34.0. The van der Waals surface area contributed by atoms with Gasteiger partial charge in [-0.25, -0.2) is 19.8 Å². The Labute approximate surface area is 195 Å². The van der Waals surface area contributed by atoms with Crippen molar-refractivity contribution in [2.45, 2.75) is 12.7 Å². The number of halogens is 3. The van der Waals surface area contributed by atoms with Crippen LogP contribution in [0.5, 0.6) is 0 Å². The summed E-state index contributed by atoms with van der Waals surface area (Å²) in [5.74, 6) is -0.269. The zero-order chi connectivity index (χ0) is 24.9. The Bertz CT molecular complexity index is 1470. The van der Waals surface area contributed by atoms with Crippen LogP contribution in [0.4, 0.5) is 23.8 Å². The molecule has 0 radical (unpaired) electrons. The van der Waals surface area contributed by atoms with Gasteiger partial charge in [0.25, 0.3) is 5.91 Å². The number of alkyl halides is 3. The molecule has 1 aliphatic heterocycles. The predicted octanol–water partition coefficient (Wildman–Crippen LogP) is 3.13.